The zero-order chi connectivity index (χ0) is 11.0. The van der Waals surface area contributed by atoms with Gasteiger partial charge in [0.1, 0.15) is 0 Å². The van der Waals surface area contributed by atoms with Crippen LogP contribution in [-0.2, 0) is 11.2 Å². The molecule has 0 saturated heterocycles. The van der Waals surface area contributed by atoms with E-state index < -0.39 is 0 Å². The average Bonchev–Trinajstić information content (AvgIpc) is 2.59. The van der Waals surface area contributed by atoms with Gasteiger partial charge in [0.15, 0.2) is 0 Å². The number of benzene rings is 1. The normalized spacial score (nSPS) is 13.9. The first-order valence-electron chi connectivity index (χ1n) is 5.17. The number of carbonyl (C=O) groups excluding carboxylic acids is 1. The van der Waals surface area contributed by atoms with Gasteiger partial charge in [0.2, 0.25) is 5.91 Å². The van der Waals surface area contributed by atoms with Crippen LogP contribution in [0.2, 0.25) is 0 Å². The van der Waals surface area contributed by atoms with E-state index in [9.17, 15) is 4.79 Å². The molecule has 1 aromatic rings. The largest absolute Gasteiger partial charge is 0.312 e. The molecule has 1 heterocycles. The van der Waals surface area contributed by atoms with Gasteiger partial charge in [-0.2, -0.15) is 0 Å². The molecule has 0 spiro atoms. The Balaban J connectivity index is 2.52. The number of nitrogens with zero attached hydrogens (tertiary/aromatic N) is 1. The van der Waals surface area contributed by atoms with E-state index in [-0.39, 0.29) is 5.91 Å². The number of rotatable bonds is 1. The number of fused-ring (bicyclic) bond motifs is 1. The zero-order valence-corrected chi connectivity index (χ0v) is 9.21. The van der Waals surface area contributed by atoms with Crippen LogP contribution in [0, 0.1) is 0 Å². The highest BCUT2D eigenvalue weighted by molar-refractivity contribution is 5.94. The molecular formula is C13H15NO. The summed E-state index contributed by atoms with van der Waals surface area (Å²) in [6, 6.07) is 6.07. The van der Waals surface area contributed by atoms with Crippen LogP contribution in [0.3, 0.4) is 0 Å². The Morgan fingerprint density at radius 2 is 2.13 bits per heavy atom. The van der Waals surface area contributed by atoms with Crippen molar-refractivity contribution in [1.29, 1.82) is 0 Å². The second kappa shape index (κ2) is 3.54. The van der Waals surface area contributed by atoms with Crippen molar-refractivity contribution < 1.29 is 4.79 Å². The maximum Gasteiger partial charge on any atom is 0.223 e. The first-order valence-corrected chi connectivity index (χ1v) is 5.17. The summed E-state index contributed by atoms with van der Waals surface area (Å²) >= 11 is 0. The Morgan fingerprint density at radius 3 is 2.73 bits per heavy atom. The lowest BCUT2D eigenvalue weighted by Crippen LogP contribution is -2.25. The fourth-order valence-electron chi connectivity index (χ4n) is 2.16. The van der Waals surface area contributed by atoms with Gasteiger partial charge in [-0.25, -0.2) is 0 Å². The molecule has 0 N–H and O–H groups in total. The SMILES string of the molecule is C=C(C)c1cccc2c1CCN2C(C)=O. The van der Waals surface area contributed by atoms with Crippen LogP contribution in [0.1, 0.15) is 25.0 Å². The van der Waals surface area contributed by atoms with E-state index in [4.69, 9.17) is 0 Å². The summed E-state index contributed by atoms with van der Waals surface area (Å²) < 4.78 is 0. The molecule has 2 heteroatoms. The summed E-state index contributed by atoms with van der Waals surface area (Å²) in [4.78, 5) is 13.2. The van der Waals surface area contributed by atoms with E-state index in [1.165, 1.54) is 11.1 Å². The number of hydrogen-bond acceptors (Lipinski definition) is 1. The third-order valence-corrected chi connectivity index (χ3v) is 2.87. The summed E-state index contributed by atoms with van der Waals surface area (Å²) in [7, 11) is 0. The van der Waals surface area contributed by atoms with E-state index in [2.05, 4.69) is 12.6 Å². The Hall–Kier alpha value is -1.57. The number of amides is 1. The highest BCUT2D eigenvalue weighted by Crippen LogP contribution is 2.33. The summed E-state index contributed by atoms with van der Waals surface area (Å²) in [6.45, 7) is 8.39. The van der Waals surface area contributed by atoms with Crippen molar-refractivity contribution in [1.82, 2.24) is 0 Å². The van der Waals surface area contributed by atoms with Gasteiger partial charge in [-0.15, -0.1) is 0 Å². The molecule has 0 bridgehead atoms. The molecule has 0 aromatic heterocycles. The van der Waals surface area contributed by atoms with Crippen molar-refractivity contribution in [3.8, 4) is 0 Å². The van der Waals surface area contributed by atoms with Crippen molar-refractivity contribution in [3.05, 3.63) is 35.9 Å². The molecule has 2 nitrogen and oxygen atoms in total. The standard InChI is InChI=1S/C13H15NO/c1-9(2)11-5-4-6-13-12(11)7-8-14(13)10(3)15/h4-6H,1,7-8H2,2-3H3. The molecule has 0 saturated carbocycles. The molecule has 1 aromatic carbocycles. The molecule has 1 aliphatic rings. The van der Waals surface area contributed by atoms with Gasteiger partial charge < -0.3 is 4.90 Å². The van der Waals surface area contributed by atoms with Crippen LogP contribution in [0.15, 0.2) is 24.8 Å². The molecule has 1 amide bonds. The monoisotopic (exact) mass is 201 g/mol. The third kappa shape index (κ3) is 1.56. The summed E-state index contributed by atoms with van der Waals surface area (Å²) in [5.41, 5.74) is 4.58. The van der Waals surface area contributed by atoms with Gasteiger partial charge in [-0.3, -0.25) is 4.79 Å². The maximum absolute atomic E-state index is 11.4. The molecular weight excluding hydrogens is 186 g/mol. The zero-order valence-electron chi connectivity index (χ0n) is 9.21. The van der Waals surface area contributed by atoms with E-state index in [0.717, 1.165) is 24.2 Å². The van der Waals surface area contributed by atoms with E-state index in [1.54, 1.807) is 6.92 Å². The van der Waals surface area contributed by atoms with Crippen LogP contribution in [0.4, 0.5) is 5.69 Å². The Labute approximate surface area is 90.2 Å². The highest BCUT2D eigenvalue weighted by atomic mass is 16.2. The fraction of sp³-hybridized carbons (Fsp3) is 0.308. The Bertz CT molecular complexity index is 434. The van der Waals surface area contributed by atoms with Gasteiger partial charge in [-0.05, 0) is 30.5 Å². The molecule has 15 heavy (non-hydrogen) atoms. The Kier molecular flexibility index (Phi) is 2.35. The topological polar surface area (TPSA) is 20.3 Å². The summed E-state index contributed by atoms with van der Waals surface area (Å²) in [6.07, 6.45) is 0.942. The van der Waals surface area contributed by atoms with E-state index >= 15 is 0 Å². The molecule has 0 fully saturated rings. The number of hydrogen-bond donors (Lipinski definition) is 0. The number of carbonyl (C=O) groups is 1. The smallest absolute Gasteiger partial charge is 0.223 e. The fourth-order valence-corrected chi connectivity index (χ4v) is 2.16. The third-order valence-electron chi connectivity index (χ3n) is 2.87. The second-order valence-electron chi connectivity index (χ2n) is 4.00. The molecule has 0 radical (unpaired) electrons. The first kappa shape index (κ1) is 9.97. The molecule has 1 aliphatic heterocycles. The minimum absolute atomic E-state index is 0.118. The first-order chi connectivity index (χ1) is 7.11. The highest BCUT2D eigenvalue weighted by Gasteiger charge is 2.23. The average molecular weight is 201 g/mol. The lowest BCUT2D eigenvalue weighted by atomic mass is 10.00. The van der Waals surface area contributed by atoms with Crippen LogP contribution < -0.4 is 4.90 Å². The summed E-state index contributed by atoms with van der Waals surface area (Å²) in [5, 5.41) is 0. The van der Waals surface area contributed by atoms with Crippen molar-refractivity contribution in [2.75, 3.05) is 11.4 Å². The number of allylic oxidation sites excluding steroid dienone is 1. The van der Waals surface area contributed by atoms with E-state index in [0.29, 0.717) is 0 Å². The predicted molar refractivity (Wildman–Crippen MR) is 62.9 cm³/mol. The van der Waals surface area contributed by atoms with Crippen molar-refractivity contribution in [2.45, 2.75) is 20.3 Å². The number of anilines is 1. The quantitative estimate of drug-likeness (QED) is 0.684. The lowest BCUT2D eigenvalue weighted by Gasteiger charge is -2.15. The minimum atomic E-state index is 0.118. The van der Waals surface area contributed by atoms with E-state index in [1.807, 2.05) is 24.0 Å². The Morgan fingerprint density at radius 1 is 1.40 bits per heavy atom. The molecule has 0 unspecified atom stereocenters. The van der Waals surface area contributed by atoms with Crippen molar-refractivity contribution in [2.24, 2.45) is 0 Å². The van der Waals surface area contributed by atoms with Crippen molar-refractivity contribution >= 4 is 17.2 Å². The lowest BCUT2D eigenvalue weighted by molar-refractivity contribution is -0.116. The maximum atomic E-state index is 11.4. The molecule has 0 atom stereocenters. The van der Waals surface area contributed by atoms with Crippen LogP contribution >= 0.6 is 0 Å². The molecule has 78 valence electrons. The van der Waals surface area contributed by atoms with Crippen molar-refractivity contribution in [3.63, 3.8) is 0 Å². The van der Waals surface area contributed by atoms with Gasteiger partial charge >= 0.3 is 0 Å². The van der Waals surface area contributed by atoms with Crippen LogP contribution in [-0.4, -0.2) is 12.5 Å². The van der Waals surface area contributed by atoms with Crippen LogP contribution in [0.25, 0.3) is 5.57 Å². The van der Waals surface area contributed by atoms with Gasteiger partial charge in [0, 0.05) is 19.2 Å². The molecule has 2 rings (SSSR count). The molecule has 0 aliphatic carbocycles. The minimum Gasteiger partial charge on any atom is -0.312 e. The summed E-state index contributed by atoms with van der Waals surface area (Å²) in [5.74, 6) is 0.118. The van der Waals surface area contributed by atoms with Gasteiger partial charge in [0.05, 0.1) is 0 Å². The predicted octanol–water partition coefficient (Wildman–Crippen LogP) is 2.63. The van der Waals surface area contributed by atoms with Crippen LogP contribution in [0.5, 0.6) is 0 Å². The van der Waals surface area contributed by atoms with Gasteiger partial charge in [0.25, 0.3) is 0 Å². The second-order valence-corrected chi connectivity index (χ2v) is 4.00. The van der Waals surface area contributed by atoms with Gasteiger partial charge in [-0.1, -0.05) is 24.3 Å².